The molecule has 0 radical (unpaired) electrons. The van der Waals surface area contributed by atoms with Crippen LogP contribution in [0.3, 0.4) is 0 Å². The van der Waals surface area contributed by atoms with Crippen molar-refractivity contribution in [3.05, 3.63) is 72.2 Å². The van der Waals surface area contributed by atoms with Crippen LogP contribution in [0.25, 0.3) is 0 Å². The first-order valence-corrected chi connectivity index (χ1v) is 7.80. The molecule has 2 rings (SSSR count). The first-order chi connectivity index (χ1) is 12.3. The molecular formula is C15H11BrN4O6. The smallest absolute Gasteiger partial charge is 0.312 e. The maximum Gasteiger partial charge on any atom is 0.312 e. The van der Waals surface area contributed by atoms with Crippen LogP contribution in [0, 0.1) is 20.2 Å². The summed E-state index contributed by atoms with van der Waals surface area (Å²) in [6.45, 7) is 0. The number of nitrogens with one attached hydrogen (secondary N) is 1. The summed E-state index contributed by atoms with van der Waals surface area (Å²) in [6, 6.07) is 8.28. The van der Waals surface area contributed by atoms with Crippen LogP contribution in [0.1, 0.15) is 11.1 Å². The van der Waals surface area contributed by atoms with Gasteiger partial charge in [-0.15, -0.1) is 0 Å². The molecule has 26 heavy (non-hydrogen) atoms. The van der Waals surface area contributed by atoms with Crippen LogP contribution < -0.4 is 5.43 Å². The number of phenolic OH excluding ortho intramolecular Hbond substituents is 1. The summed E-state index contributed by atoms with van der Waals surface area (Å²) in [5.74, 6) is -1.12. The number of para-hydroxylation sites is 1. The zero-order valence-corrected chi connectivity index (χ0v) is 14.5. The predicted molar refractivity (Wildman–Crippen MR) is 95.0 cm³/mol. The zero-order valence-electron chi connectivity index (χ0n) is 13.0. The van der Waals surface area contributed by atoms with E-state index in [2.05, 4.69) is 26.5 Å². The number of hydrazone groups is 1. The third-order valence-corrected chi connectivity index (χ3v) is 3.81. The zero-order chi connectivity index (χ0) is 19.3. The van der Waals surface area contributed by atoms with Crippen molar-refractivity contribution in [1.82, 2.24) is 5.43 Å². The highest BCUT2D eigenvalue weighted by Crippen LogP contribution is 2.34. The Balaban J connectivity index is 2.08. The largest absolute Gasteiger partial charge is 0.501 e. The quantitative estimate of drug-likeness (QED) is 0.415. The van der Waals surface area contributed by atoms with Gasteiger partial charge in [-0.3, -0.25) is 25.0 Å². The first kappa shape index (κ1) is 19.0. The number of benzene rings is 2. The van der Waals surface area contributed by atoms with E-state index in [4.69, 9.17) is 0 Å². The molecule has 134 valence electrons. The highest BCUT2D eigenvalue weighted by molar-refractivity contribution is 9.10. The van der Waals surface area contributed by atoms with Gasteiger partial charge in [0.1, 0.15) is 0 Å². The molecule has 1 amide bonds. The second-order valence-electron chi connectivity index (χ2n) is 4.98. The lowest BCUT2D eigenvalue weighted by molar-refractivity contribution is -0.386. The van der Waals surface area contributed by atoms with Gasteiger partial charge < -0.3 is 5.11 Å². The average Bonchev–Trinajstić information content (AvgIpc) is 2.57. The lowest BCUT2D eigenvalue weighted by Crippen LogP contribution is -2.20. The molecule has 2 aromatic rings. The van der Waals surface area contributed by atoms with Crippen molar-refractivity contribution >= 4 is 39.4 Å². The van der Waals surface area contributed by atoms with Gasteiger partial charge in [0.05, 0.1) is 27.0 Å². The molecule has 0 atom stereocenters. The number of halogens is 1. The molecule has 0 aliphatic heterocycles. The van der Waals surface area contributed by atoms with E-state index in [1.807, 2.05) is 0 Å². The second-order valence-corrected chi connectivity index (χ2v) is 5.84. The van der Waals surface area contributed by atoms with Gasteiger partial charge in [-0.1, -0.05) is 18.2 Å². The minimum absolute atomic E-state index is 0.0967. The van der Waals surface area contributed by atoms with E-state index in [9.17, 15) is 30.1 Å². The molecule has 11 heteroatoms. The standard InChI is InChI=1S/C15H11BrN4O6/c16-11-5-9(6-13(15(11)22)20(25)26)8-17-18-14(21)7-10-3-1-2-4-12(10)19(23)24/h1-6,8,22H,7H2,(H,18,21)/b17-8+. The van der Waals surface area contributed by atoms with Crippen molar-refractivity contribution in [3.63, 3.8) is 0 Å². The lowest BCUT2D eigenvalue weighted by atomic mass is 10.1. The number of amides is 1. The van der Waals surface area contributed by atoms with Crippen LogP contribution in [0.15, 0.2) is 46.0 Å². The molecule has 0 unspecified atom stereocenters. The molecule has 2 N–H and O–H groups in total. The maximum absolute atomic E-state index is 11.9. The molecule has 0 aliphatic rings. The molecule has 10 nitrogen and oxygen atoms in total. The third-order valence-electron chi connectivity index (χ3n) is 3.20. The van der Waals surface area contributed by atoms with E-state index in [1.54, 1.807) is 6.07 Å². The fraction of sp³-hybridized carbons (Fsp3) is 0.0667. The van der Waals surface area contributed by atoms with Crippen LogP contribution in [-0.4, -0.2) is 27.1 Å². The number of carbonyl (C=O) groups excluding carboxylic acids is 1. The van der Waals surface area contributed by atoms with Gasteiger partial charge in [-0.05, 0) is 22.0 Å². The molecule has 0 saturated heterocycles. The number of nitro groups is 2. The van der Waals surface area contributed by atoms with Crippen LogP contribution in [0.5, 0.6) is 5.75 Å². The summed E-state index contributed by atoms with van der Waals surface area (Å²) in [6.07, 6.45) is 0.891. The summed E-state index contributed by atoms with van der Waals surface area (Å²) in [5, 5.41) is 35.0. The van der Waals surface area contributed by atoms with E-state index in [0.717, 1.165) is 12.3 Å². The van der Waals surface area contributed by atoms with Crippen molar-refractivity contribution < 1.29 is 19.7 Å². The Labute approximate surface area is 154 Å². The van der Waals surface area contributed by atoms with Gasteiger partial charge in [0.15, 0.2) is 0 Å². The Morgan fingerprint density at radius 1 is 1.19 bits per heavy atom. The fourth-order valence-corrected chi connectivity index (χ4v) is 2.52. The lowest BCUT2D eigenvalue weighted by Gasteiger charge is -2.03. The van der Waals surface area contributed by atoms with E-state index < -0.39 is 27.2 Å². The Morgan fingerprint density at radius 2 is 1.85 bits per heavy atom. The van der Waals surface area contributed by atoms with Crippen molar-refractivity contribution in [3.8, 4) is 5.75 Å². The molecule has 2 aromatic carbocycles. The van der Waals surface area contributed by atoms with Crippen molar-refractivity contribution in [2.45, 2.75) is 6.42 Å². The van der Waals surface area contributed by atoms with Crippen molar-refractivity contribution in [2.75, 3.05) is 0 Å². The normalized spacial score (nSPS) is 10.7. The van der Waals surface area contributed by atoms with Crippen LogP contribution in [0.4, 0.5) is 11.4 Å². The average molecular weight is 423 g/mol. The number of hydrogen-bond acceptors (Lipinski definition) is 7. The Morgan fingerprint density at radius 3 is 2.50 bits per heavy atom. The van der Waals surface area contributed by atoms with Crippen LogP contribution >= 0.6 is 15.9 Å². The molecule has 0 aliphatic carbocycles. The second kappa shape index (κ2) is 8.16. The number of carbonyl (C=O) groups is 1. The highest BCUT2D eigenvalue weighted by atomic mass is 79.9. The number of aromatic hydroxyl groups is 1. The Bertz CT molecular complexity index is 915. The van der Waals surface area contributed by atoms with Gasteiger partial charge in [0.25, 0.3) is 5.69 Å². The van der Waals surface area contributed by atoms with Gasteiger partial charge in [-0.2, -0.15) is 5.10 Å². The number of hydrogen-bond donors (Lipinski definition) is 2. The van der Waals surface area contributed by atoms with Gasteiger partial charge >= 0.3 is 5.69 Å². The third kappa shape index (κ3) is 4.60. The SMILES string of the molecule is O=C(Cc1ccccc1[N+](=O)[O-])N/N=C/c1cc(Br)c(O)c([N+](=O)[O-])c1. The number of rotatable bonds is 6. The summed E-state index contributed by atoms with van der Waals surface area (Å²) in [5.41, 5.74) is 1.98. The number of phenols is 1. The Hall–Kier alpha value is -3.34. The van der Waals surface area contributed by atoms with Crippen LogP contribution in [0.2, 0.25) is 0 Å². The van der Waals surface area contributed by atoms with Crippen molar-refractivity contribution in [2.24, 2.45) is 5.10 Å². The predicted octanol–water partition coefficient (Wildman–Crippen LogP) is 2.66. The molecule has 0 fully saturated rings. The molecule has 0 saturated carbocycles. The molecule has 0 bridgehead atoms. The molecule has 0 aromatic heterocycles. The summed E-state index contributed by atoms with van der Waals surface area (Å²) >= 11 is 2.98. The van der Waals surface area contributed by atoms with Gasteiger partial charge in [0, 0.05) is 23.3 Å². The van der Waals surface area contributed by atoms with E-state index in [1.165, 1.54) is 24.3 Å². The summed E-state index contributed by atoms with van der Waals surface area (Å²) in [4.78, 5) is 32.3. The minimum atomic E-state index is -0.759. The Kier molecular flexibility index (Phi) is 5.96. The first-order valence-electron chi connectivity index (χ1n) is 7.00. The topological polar surface area (TPSA) is 148 Å². The van der Waals surface area contributed by atoms with E-state index in [0.29, 0.717) is 0 Å². The fourth-order valence-electron chi connectivity index (χ4n) is 2.05. The van der Waals surface area contributed by atoms with Gasteiger partial charge in [-0.25, -0.2) is 5.43 Å². The van der Waals surface area contributed by atoms with Gasteiger partial charge in [0.2, 0.25) is 11.7 Å². The number of nitro benzene ring substituents is 2. The van der Waals surface area contributed by atoms with E-state index in [-0.39, 0.29) is 27.7 Å². The maximum atomic E-state index is 11.9. The summed E-state index contributed by atoms with van der Waals surface area (Å²) in [7, 11) is 0. The minimum Gasteiger partial charge on any atom is -0.501 e. The molecular weight excluding hydrogens is 412 g/mol. The monoisotopic (exact) mass is 422 g/mol. The van der Waals surface area contributed by atoms with Crippen LogP contribution in [-0.2, 0) is 11.2 Å². The van der Waals surface area contributed by atoms with E-state index >= 15 is 0 Å². The molecule has 0 spiro atoms. The number of nitrogens with zero attached hydrogens (tertiary/aromatic N) is 3. The molecule has 0 heterocycles. The highest BCUT2D eigenvalue weighted by Gasteiger charge is 2.17. The summed E-state index contributed by atoms with van der Waals surface area (Å²) < 4.78 is 0.0967. The van der Waals surface area contributed by atoms with Crippen molar-refractivity contribution in [1.29, 1.82) is 0 Å².